The van der Waals surface area contributed by atoms with Gasteiger partial charge in [-0.05, 0) is 18.2 Å². The van der Waals surface area contributed by atoms with Gasteiger partial charge in [-0.25, -0.2) is 9.37 Å². The minimum absolute atomic E-state index is 0.0150. The molecule has 23 heavy (non-hydrogen) atoms. The summed E-state index contributed by atoms with van der Waals surface area (Å²) in [4.78, 5) is 16.2. The molecule has 0 aliphatic carbocycles. The Morgan fingerprint density at radius 2 is 2.09 bits per heavy atom. The van der Waals surface area contributed by atoms with E-state index in [-0.39, 0.29) is 23.7 Å². The van der Waals surface area contributed by atoms with Crippen molar-refractivity contribution in [1.29, 1.82) is 0 Å². The normalized spacial score (nSPS) is 10.4. The van der Waals surface area contributed by atoms with E-state index in [1.165, 1.54) is 13.2 Å². The number of benzene rings is 1. The van der Waals surface area contributed by atoms with Crippen molar-refractivity contribution in [1.82, 2.24) is 10.3 Å². The summed E-state index contributed by atoms with van der Waals surface area (Å²) < 4.78 is 23.9. The third-order valence-corrected chi connectivity index (χ3v) is 3.22. The van der Waals surface area contributed by atoms with Crippen molar-refractivity contribution in [3.05, 3.63) is 53.0 Å². The minimum atomic E-state index is -0.503. The number of anilines is 1. The smallest absolute Gasteiger partial charge is 0.255 e. The van der Waals surface area contributed by atoms with Crippen molar-refractivity contribution in [3.63, 3.8) is 0 Å². The maximum atomic E-state index is 14.0. The Kier molecular flexibility index (Phi) is 5.48. The highest BCUT2D eigenvalue weighted by Crippen LogP contribution is 2.20. The van der Waals surface area contributed by atoms with E-state index in [2.05, 4.69) is 10.3 Å². The van der Waals surface area contributed by atoms with E-state index in [4.69, 9.17) is 15.2 Å². The van der Waals surface area contributed by atoms with Crippen LogP contribution in [0.1, 0.15) is 21.6 Å². The number of amides is 1. The van der Waals surface area contributed by atoms with E-state index in [9.17, 15) is 9.18 Å². The van der Waals surface area contributed by atoms with Gasteiger partial charge in [0.1, 0.15) is 5.82 Å². The van der Waals surface area contributed by atoms with Gasteiger partial charge in [0.05, 0.1) is 25.0 Å². The number of aromatic nitrogens is 1. The van der Waals surface area contributed by atoms with Crippen LogP contribution in [0, 0.1) is 5.82 Å². The molecule has 0 atom stereocenters. The molecule has 0 fully saturated rings. The van der Waals surface area contributed by atoms with Crippen molar-refractivity contribution in [3.8, 4) is 5.75 Å². The van der Waals surface area contributed by atoms with Crippen molar-refractivity contribution in [2.24, 2.45) is 0 Å². The van der Waals surface area contributed by atoms with Gasteiger partial charge in [-0.2, -0.15) is 0 Å². The number of halogens is 1. The van der Waals surface area contributed by atoms with Crippen LogP contribution in [-0.4, -0.2) is 25.1 Å². The van der Waals surface area contributed by atoms with E-state index < -0.39 is 11.7 Å². The predicted molar refractivity (Wildman–Crippen MR) is 83.5 cm³/mol. The zero-order chi connectivity index (χ0) is 16.8. The Hall–Kier alpha value is -2.67. The number of carbonyl (C=O) groups excluding carboxylic acids is 1. The van der Waals surface area contributed by atoms with Gasteiger partial charge < -0.3 is 20.5 Å². The van der Waals surface area contributed by atoms with Gasteiger partial charge in [0.15, 0.2) is 11.6 Å². The summed E-state index contributed by atoms with van der Waals surface area (Å²) in [5, 5.41) is 2.61. The van der Waals surface area contributed by atoms with E-state index >= 15 is 0 Å². The SMILES string of the molecule is COCc1ccc(C(=O)NCc2cccc(OC)c2F)c(N)n1. The van der Waals surface area contributed by atoms with E-state index in [1.807, 2.05) is 0 Å². The average Bonchev–Trinajstić information content (AvgIpc) is 2.54. The second kappa shape index (κ2) is 7.55. The molecular weight excluding hydrogens is 301 g/mol. The van der Waals surface area contributed by atoms with E-state index in [0.29, 0.717) is 17.9 Å². The number of rotatable bonds is 6. The average molecular weight is 319 g/mol. The highest BCUT2D eigenvalue weighted by Gasteiger charge is 2.13. The van der Waals surface area contributed by atoms with Crippen molar-refractivity contribution in [2.75, 3.05) is 20.0 Å². The third kappa shape index (κ3) is 3.95. The Morgan fingerprint density at radius 3 is 2.74 bits per heavy atom. The van der Waals surface area contributed by atoms with Crippen LogP contribution in [0.4, 0.5) is 10.2 Å². The first kappa shape index (κ1) is 16.7. The molecule has 1 heterocycles. The highest BCUT2D eigenvalue weighted by atomic mass is 19.1. The van der Waals surface area contributed by atoms with Gasteiger partial charge in [0.2, 0.25) is 0 Å². The second-order valence-corrected chi connectivity index (χ2v) is 4.78. The lowest BCUT2D eigenvalue weighted by atomic mass is 10.1. The number of ether oxygens (including phenoxy) is 2. The number of nitrogens with two attached hydrogens (primary N) is 1. The lowest BCUT2D eigenvalue weighted by Crippen LogP contribution is -2.25. The van der Waals surface area contributed by atoms with Crippen LogP contribution >= 0.6 is 0 Å². The molecule has 0 bridgehead atoms. The fraction of sp³-hybridized carbons (Fsp3) is 0.250. The quantitative estimate of drug-likeness (QED) is 0.849. The molecule has 1 amide bonds. The monoisotopic (exact) mass is 319 g/mol. The molecule has 1 aromatic heterocycles. The number of nitrogen functional groups attached to an aromatic ring is 1. The maximum absolute atomic E-state index is 14.0. The lowest BCUT2D eigenvalue weighted by molar-refractivity contribution is 0.0951. The second-order valence-electron chi connectivity index (χ2n) is 4.78. The summed E-state index contributed by atoms with van der Waals surface area (Å²) in [6, 6.07) is 7.95. The first-order valence-corrected chi connectivity index (χ1v) is 6.90. The van der Waals surface area contributed by atoms with Crippen LogP contribution in [0.25, 0.3) is 0 Å². The Morgan fingerprint density at radius 1 is 1.30 bits per heavy atom. The molecule has 2 rings (SSSR count). The van der Waals surface area contributed by atoms with E-state index in [1.54, 1.807) is 31.4 Å². The molecule has 0 unspecified atom stereocenters. The van der Waals surface area contributed by atoms with E-state index in [0.717, 1.165) is 0 Å². The third-order valence-electron chi connectivity index (χ3n) is 3.22. The number of pyridine rings is 1. The zero-order valence-corrected chi connectivity index (χ0v) is 12.9. The first-order chi connectivity index (χ1) is 11.1. The van der Waals surface area contributed by atoms with Crippen molar-refractivity contribution >= 4 is 11.7 Å². The van der Waals surface area contributed by atoms with Gasteiger partial charge >= 0.3 is 0 Å². The van der Waals surface area contributed by atoms with Crippen LogP contribution in [-0.2, 0) is 17.9 Å². The molecule has 0 radical (unpaired) electrons. The fourth-order valence-electron chi connectivity index (χ4n) is 2.06. The minimum Gasteiger partial charge on any atom is -0.494 e. The van der Waals surface area contributed by atoms with Gasteiger partial charge in [0.25, 0.3) is 5.91 Å². The molecule has 0 saturated heterocycles. The molecule has 1 aromatic carbocycles. The summed E-state index contributed by atoms with van der Waals surface area (Å²) >= 11 is 0. The van der Waals surface area contributed by atoms with Crippen molar-refractivity contribution in [2.45, 2.75) is 13.2 Å². The zero-order valence-electron chi connectivity index (χ0n) is 12.9. The molecule has 0 spiro atoms. The standard InChI is InChI=1S/C16H18FN3O3/c1-22-9-11-6-7-12(15(18)20-11)16(21)19-8-10-4-3-5-13(23-2)14(10)17/h3-7H,8-9H2,1-2H3,(H2,18,20)(H,19,21). The number of carbonyl (C=O) groups is 1. The molecule has 2 aromatic rings. The van der Waals surface area contributed by atoms with Crippen LogP contribution < -0.4 is 15.8 Å². The van der Waals surface area contributed by atoms with Crippen LogP contribution in [0.5, 0.6) is 5.75 Å². The molecule has 3 N–H and O–H groups in total. The molecule has 6 nitrogen and oxygen atoms in total. The number of hydrogen-bond acceptors (Lipinski definition) is 5. The van der Waals surface area contributed by atoms with Gasteiger partial charge in [-0.3, -0.25) is 4.79 Å². The van der Waals surface area contributed by atoms with Gasteiger partial charge in [0, 0.05) is 19.2 Å². The molecule has 122 valence electrons. The molecule has 0 aliphatic heterocycles. The van der Waals surface area contributed by atoms with Crippen LogP contribution in [0.15, 0.2) is 30.3 Å². The van der Waals surface area contributed by atoms with Gasteiger partial charge in [-0.1, -0.05) is 12.1 Å². The highest BCUT2D eigenvalue weighted by molar-refractivity contribution is 5.98. The van der Waals surface area contributed by atoms with Crippen LogP contribution in [0.2, 0.25) is 0 Å². The maximum Gasteiger partial charge on any atom is 0.255 e. The Balaban J connectivity index is 2.08. The van der Waals surface area contributed by atoms with Crippen molar-refractivity contribution < 1.29 is 18.7 Å². The predicted octanol–water partition coefficient (Wildman–Crippen LogP) is 1.89. The summed E-state index contributed by atoms with van der Waals surface area (Å²) in [6.45, 7) is 0.322. The molecular formula is C16H18FN3O3. The Labute approximate surface area is 133 Å². The number of hydrogen-bond donors (Lipinski definition) is 2. The lowest BCUT2D eigenvalue weighted by Gasteiger charge is -2.10. The summed E-state index contributed by atoms with van der Waals surface area (Å²) in [6.07, 6.45) is 0. The number of nitrogens with one attached hydrogen (secondary N) is 1. The Bertz CT molecular complexity index is 707. The molecule has 0 saturated carbocycles. The molecule has 0 aliphatic rings. The summed E-state index contributed by atoms with van der Waals surface area (Å²) in [5.41, 5.74) is 6.95. The number of nitrogens with zero attached hydrogens (tertiary/aromatic N) is 1. The number of methoxy groups -OCH3 is 2. The van der Waals surface area contributed by atoms with Crippen LogP contribution in [0.3, 0.4) is 0 Å². The fourth-order valence-corrected chi connectivity index (χ4v) is 2.06. The summed E-state index contributed by atoms with van der Waals surface area (Å²) in [5.74, 6) is -0.706. The first-order valence-electron chi connectivity index (χ1n) is 6.90. The molecule has 7 heteroatoms. The largest absolute Gasteiger partial charge is 0.494 e. The summed E-state index contributed by atoms with van der Waals surface area (Å²) in [7, 11) is 2.93. The topological polar surface area (TPSA) is 86.5 Å². The van der Waals surface area contributed by atoms with Gasteiger partial charge in [-0.15, -0.1) is 0 Å².